The molecule has 1 aliphatic carbocycles. The summed E-state index contributed by atoms with van der Waals surface area (Å²) >= 11 is 0. The van der Waals surface area contributed by atoms with E-state index in [1.807, 2.05) is 13.8 Å². The number of ether oxygens (including phenoxy) is 1. The molecule has 5 heteroatoms. The van der Waals surface area contributed by atoms with E-state index in [4.69, 9.17) is 4.74 Å². The number of carboxylic acids is 1. The van der Waals surface area contributed by atoms with Crippen molar-refractivity contribution in [3.8, 4) is 0 Å². The summed E-state index contributed by atoms with van der Waals surface area (Å²) in [7, 11) is 0. The van der Waals surface area contributed by atoms with Crippen LogP contribution in [-0.2, 0) is 14.3 Å². The molecular weight excluding hydrogens is 246 g/mol. The molecule has 0 aromatic rings. The molecule has 0 bridgehead atoms. The van der Waals surface area contributed by atoms with Gasteiger partial charge in [0.15, 0.2) is 0 Å². The quantitative estimate of drug-likeness (QED) is 0.825. The Morgan fingerprint density at radius 1 is 1.05 bits per heavy atom. The SMILES string of the molecule is CC1CN(C(=O)[C@@H]2CCCC[C@@H]2C(=O)O)CC(C)O1. The lowest BCUT2D eigenvalue weighted by Crippen LogP contribution is -2.52. The Bertz CT molecular complexity index is 347. The summed E-state index contributed by atoms with van der Waals surface area (Å²) in [5, 5.41) is 9.26. The van der Waals surface area contributed by atoms with Crippen molar-refractivity contribution in [2.75, 3.05) is 13.1 Å². The number of carboxylic acid groups (broad SMARTS) is 1. The molecule has 4 atom stereocenters. The van der Waals surface area contributed by atoms with Gasteiger partial charge in [0.1, 0.15) is 0 Å². The molecule has 108 valence electrons. The molecule has 0 aromatic heterocycles. The standard InChI is InChI=1S/C14H23NO4/c1-9-7-15(8-10(2)19-9)13(16)11-5-3-4-6-12(11)14(17)18/h9-12H,3-8H2,1-2H3,(H,17,18)/t9?,10?,11-,12+/m1/s1. The molecular formula is C14H23NO4. The van der Waals surface area contributed by atoms with Crippen LogP contribution in [0.4, 0.5) is 0 Å². The van der Waals surface area contributed by atoms with Gasteiger partial charge in [0.05, 0.1) is 24.0 Å². The minimum absolute atomic E-state index is 0.00843. The van der Waals surface area contributed by atoms with Crippen LogP contribution in [0, 0.1) is 11.8 Å². The Hall–Kier alpha value is -1.10. The third kappa shape index (κ3) is 3.26. The minimum Gasteiger partial charge on any atom is -0.481 e. The van der Waals surface area contributed by atoms with Crippen molar-refractivity contribution in [1.82, 2.24) is 4.90 Å². The molecule has 1 N–H and O–H groups in total. The molecule has 0 radical (unpaired) electrons. The number of hydrogen-bond acceptors (Lipinski definition) is 3. The summed E-state index contributed by atoms with van der Waals surface area (Å²) < 4.78 is 5.62. The first-order valence-electron chi connectivity index (χ1n) is 7.16. The van der Waals surface area contributed by atoms with E-state index >= 15 is 0 Å². The van der Waals surface area contributed by atoms with Crippen LogP contribution in [0.3, 0.4) is 0 Å². The Morgan fingerprint density at radius 2 is 1.58 bits per heavy atom. The van der Waals surface area contributed by atoms with Crippen molar-refractivity contribution in [3.63, 3.8) is 0 Å². The monoisotopic (exact) mass is 269 g/mol. The molecule has 19 heavy (non-hydrogen) atoms. The van der Waals surface area contributed by atoms with E-state index in [1.165, 1.54) is 0 Å². The first-order valence-corrected chi connectivity index (χ1v) is 7.16. The van der Waals surface area contributed by atoms with Crippen LogP contribution >= 0.6 is 0 Å². The molecule has 1 heterocycles. The largest absolute Gasteiger partial charge is 0.481 e. The zero-order chi connectivity index (χ0) is 14.0. The van der Waals surface area contributed by atoms with Gasteiger partial charge in [-0.2, -0.15) is 0 Å². The maximum absolute atomic E-state index is 12.6. The molecule has 5 nitrogen and oxygen atoms in total. The number of hydrogen-bond donors (Lipinski definition) is 1. The predicted molar refractivity (Wildman–Crippen MR) is 69.7 cm³/mol. The second-order valence-corrected chi connectivity index (χ2v) is 5.84. The maximum Gasteiger partial charge on any atom is 0.307 e. The van der Waals surface area contributed by atoms with Crippen molar-refractivity contribution < 1.29 is 19.4 Å². The van der Waals surface area contributed by atoms with Gasteiger partial charge in [-0.1, -0.05) is 12.8 Å². The molecule has 1 saturated carbocycles. The first kappa shape index (κ1) is 14.3. The van der Waals surface area contributed by atoms with Crippen molar-refractivity contribution in [1.29, 1.82) is 0 Å². The van der Waals surface area contributed by atoms with Crippen molar-refractivity contribution in [3.05, 3.63) is 0 Å². The van der Waals surface area contributed by atoms with Crippen LogP contribution in [-0.4, -0.2) is 47.2 Å². The Kier molecular flexibility index (Phi) is 4.45. The Labute approximate surface area is 113 Å². The van der Waals surface area contributed by atoms with E-state index in [1.54, 1.807) is 4.90 Å². The average molecular weight is 269 g/mol. The topological polar surface area (TPSA) is 66.8 Å². The lowest BCUT2D eigenvalue weighted by Gasteiger charge is -2.39. The number of carbonyl (C=O) groups excluding carboxylic acids is 1. The summed E-state index contributed by atoms with van der Waals surface area (Å²) in [5.41, 5.74) is 0. The van der Waals surface area contributed by atoms with Crippen LogP contribution in [0.5, 0.6) is 0 Å². The third-order valence-corrected chi connectivity index (χ3v) is 4.13. The van der Waals surface area contributed by atoms with E-state index in [0.29, 0.717) is 25.9 Å². The first-order chi connectivity index (χ1) is 8.99. The molecule has 2 unspecified atom stereocenters. The number of morpholine rings is 1. The van der Waals surface area contributed by atoms with Crippen LogP contribution in [0.15, 0.2) is 0 Å². The summed E-state index contributed by atoms with van der Waals surface area (Å²) in [6, 6.07) is 0. The van der Waals surface area contributed by atoms with Gasteiger partial charge in [-0.25, -0.2) is 0 Å². The zero-order valence-electron chi connectivity index (χ0n) is 11.7. The lowest BCUT2D eigenvalue weighted by molar-refractivity contribution is -0.157. The molecule has 0 aromatic carbocycles. The number of amides is 1. The fraction of sp³-hybridized carbons (Fsp3) is 0.857. The summed E-state index contributed by atoms with van der Waals surface area (Å²) in [6.07, 6.45) is 3.25. The molecule has 1 aliphatic heterocycles. The van der Waals surface area contributed by atoms with Crippen LogP contribution in [0.25, 0.3) is 0 Å². The van der Waals surface area contributed by atoms with Crippen LogP contribution < -0.4 is 0 Å². The van der Waals surface area contributed by atoms with Gasteiger partial charge in [-0.15, -0.1) is 0 Å². The second-order valence-electron chi connectivity index (χ2n) is 5.84. The van der Waals surface area contributed by atoms with E-state index < -0.39 is 11.9 Å². The van der Waals surface area contributed by atoms with Gasteiger partial charge in [-0.3, -0.25) is 9.59 Å². The van der Waals surface area contributed by atoms with Crippen LogP contribution in [0.1, 0.15) is 39.5 Å². The molecule has 1 amide bonds. The minimum atomic E-state index is -0.826. The zero-order valence-corrected chi connectivity index (χ0v) is 11.7. The molecule has 0 spiro atoms. The summed E-state index contributed by atoms with van der Waals surface area (Å²) in [6.45, 7) is 5.05. The summed E-state index contributed by atoms with van der Waals surface area (Å²) in [4.78, 5) is 25.6. The van der Waals surface area contributed by atoms with E-state index in [2.05, 4.69) is 0 Å². The molecule has 2 rings (SSSR count). The van der Waals surface area contributed by atoms with Crippen LogP contribution in [0.2, 0.25) is 0 Å². The highest BCUT2D eigenvalue weighted by atomic mass is 16.5. The Balaban J connectivity index is 2.06. The number of carbonyl (C=O) groups is 2. The fourth-order valence-electron chi connectivity index (χ4n) is 3.31. The second kappa shape index (κ2) is 5.90. The normalized spacial score (nSPS) is 36.0. The van der Waals surface area contributed by atoms with Gasteiger partial charge in [0.2, 0.25) is 5.91 Å². The van der Waals surface area contributed by atoms with Gasteiger partial charge in [0.25, 0.3) is 0 Å². The number of rotatable bonds is 2. The average Bonchev–Trinajstić information content (AvgIpc) is 2.36. The molecule has 2 fully saturated rings. The highest BCUT2D eigenvalue weighted by Gasteiger charge is 2.39. The van der Waals surface area contributed by atoms with Gasteiger partial charge in [-0.05, 0) is 26.7 Å². The lowest BCUT2D eigenvalue weighted by atomic mass is 9.78. The predicted octanol–water partition coefficient (Wildman–Crippen LogP) is 1.51. The van der Waals surface area contributed by atoms with Gasteiger partial charge in [0, 0.05) is 13.1 Å². The smallest absolute Gasteiger partial charge is 0.307 e. The number of aliphatic carboxylic acids is 1. The maximum atomic E-state index is 12.6. The fourth-order valence-corrected chi connectivity index (χ4v) is 3.31. The molecule has 2 aliphatic rings. The van der Waals surface area contributed by atoms with Gasteiger partial charge >= 0.3 is 5.97 Å². The third-order valence-electron chi connectivity index (χ3n) is 4.13. The van der Waals surface area contributed by atoms with Gasteiger partial charge < -0.3 is 14.7 Å². The van der Waals surface area contributed by atoms with E-state index in [0.717, 1.165) is 12.8 Å². The Morgan fingerprint density at radius 3 is 2.11 bits per heavy atom. The van der Waals surface area contributed by atoms with Crippen molar-refractivity contribution >= 4 is 11.9 Å². The summed E-state index contributed by atoms with van der Waals surface area (Å²) in [5.74, 6) is -1.67. The van der Waals surface area contributed by atoms with E-state index in [9.17, 15) is 14.7 Å². The highest BCUT2D eigenvalue weighted by molar-refractivity contribution is 5.85. The number of nitrogens with zero attached hydrogens (tertiary/aromatic N) is 1. The molecule has 1 saturated heterocycles. The van der Waals surface area contributed by atoms with Crippen molar-refractivity contribution in [2.24, 2.45) is 11.8 Å². The van der Waals surface area contributed by atoms with Crippen molar-refractivity contribution in [2.45, 2.75) is 51.7 Å². The van der Waals surface area contributed by atoms with E-state index in [-0.39, 0.29) is 24.0 Å². The highest BCUT2D eigenvalue weighted by Crippen LogP contribution is 2.32.